The SMILES string of the molecule is C.C.C.C.C=C1NC(=O)C(C(C)(C)C)=CN1C.CC(C)(C)C1C(=N)ON=C1N.CC(C)(C)c1nc2c(c(=O)[nH]1)CCCC2.CC(C)(C)c1nc2n(n1)CCCC2.Cc1cc(=O)[nH]c(C(C)(C)C)n1.Cc1nc(C(C)(C)C)ns1. The Morgan fingerprint density at radius 2 is 1.24 bits per heavy atom. The van der Waals surface area contributed by atoms with E-state index in [4.69, 9.17) is 11.1 Å². The molecule has 1 amide bonds. The number of nitrogens with zero attached hydrogens (tertiary/aromatic N) is 9. The van der Waals surface area contributed by atoms with Crippen LogP contribution < -0.4 is 22.2 Å². The molecule has 1 atom stereocenters. The van der Waals surface area contributed by atoms with E-state index in [0.717, 1.165) is 89.5 Å². The monoisotopic (exact) mass is 1110 g/mol. The Balaban J connectivity index is 0. The standard InChI is InChI=1S/C12H18N2O.C10H17N3.C10H16N2O.C9H14N2O.C7H13N3O.C7H12N2S.4CH4/c1-12(2,3)11-13-9-7-5-4-6-8(9)10(15)14-11;1-10(2,3)9-11-8-6-4-5-7-13(8)12-9;1-7-11-9(13)8(6-12(7)5)10(2,3)4;1-6-5-7(12)11-8(10-6)9(2,3)4;1-7(2,3)4-5(8)10-11-6(4)9;1-5-8-6(9-10-5)7(2,3)4;;;;/h4-7H2,1-3H3,(H,13,14,15);4-7H2,1-3H3;6H,1H2,2-5H3,(H,11,13);5H,1-4H3,(H,10,11,12);4,9H,1-3H3,(H2,8,10);1-4H3;4*1H4. The highest BCUT2D eigenvalue weighted by Gasteiger charge is 2.38. The highest BCUT2D eigenvalue weighted by atomic mass is 32.1. The number of oxime groups is 1. The second-order valence-electron chi connectivity index (χ2n) is 25.5. The van der Waals surface area contributed by atoms with Gasteiger partial charge in [-0.05, 0) is 74.7 Å². The molecule has 442 valence electrons. The van der Waals surface area contributed by atoms with Crippen LogP contribution in [0, 0.1) is 36.0 Å². The maximum atomic E-state index is 11.8. The van der Waals surface area contributed by atoms with E-state index in [1.54, 1.807) is 0 Å². The second kappa shape index (κ2) is 29.4. The zero-order valence-electron chi connectivity index (χ0n) is 48.7. The molecule has 7 heterocycles. The minimum atomic E-state index is -0.164. The fourth-order valence-electron chi connectivity index (χ4n) is 7.43. The van der Waals surface area contributed by atoms with Crippen LogP contribution in [0.25, 0.3) is 0 Å². The summed E-state index contributed by atoms with van der Waals surface area (Å²) in [5.74, 6) is 5.64. The van der Waals surface area contributed by atoms with Crippen molar-refractivity contribution >= 4 is 29.2 Å². The summed E-state index contributed by atoms with van der Waals surface area (Å²) in [6.45, 7) is 45.7. The molecule has 8 rings (SSSR count). The molecular formula is C59H106N14O4S. The fraction of sp³-hybridized carbons (Fsp3) is 0.678. The second-order valence-corrected chi connectivity index (χ2v) is 26.5. The van der Waals surface area contributed by atoms with Crippen molar-refractivity contribution in [3.63, 3.8) is 0 Å². The number of aromatic nitrogens is 9. The molecule has 6 N–H and O–H groups in total. The lowest BCUT2D eigenvalue weighted by Crippen LogP contribution is -2.39. The van der Waals surface area contributed by atoms with Crippen LogP contribution in [0.2, 0.25) is 0 Å². The Labute approximate surface area is 474 Å². The summed E-state index contributed by atoms with van der Waals surface area (Å²) in [5.41, 5.74) is 8.83. The highest BCUT2D eigenvalue weighted by Crippen LogP contribution is 2.31. The number of aryl methyl sites for hydroxylation is 5. The van der Waals surface area contributed by atoms with Gasteiger partial charge in [0.05, 0.1) is 5.69 Å². The van der Waals surface area contributed by atoms with E-state index in [1.807, 2.05) is 94.3 Å². The van der Waals surface area contributed by atoms with Gasteiger partial charge in [-0.2, -0.15) is 9.47 Å². The number of rotatable bonds is 0. The Kier molecular flexibility index (Phi) is 28.0. The number of hydrogen-bond acceptors (Lipinski definition) is 15. The Hall–Kier alpha value is -5.85. The summed E-state index contributed by atoms with van der Waals surface area (Å²) in [7, 11) is 1.87. The molecule has 0 radical (unpaired) electrons. The average Bonchev–Trinajstić information content (AvgIpc) is 4.00. The zero-order chi connectivity index (χ0) is 56.5. The smallest absolute Gasteiger partial charge is 0.254 e. The molecule has 0 fully saturated rings. The summed E-state index contributed by atoms with van der Waals surface area (Å²) in [5, 5.41) is 19.2. The number of nitrogens with two attached hydrogens (primary N) is 1. The quantitative estimate of drug-likeness (QED) is 0.110. The molecule has 18 nitrogen and oxygen atoms in total. The molecule has 4 aliphatic rings. The number of amidine groups is 1. The van der Waals surface area contributed by atoms with Gasteiger partial charge in [-0.15, -0.1) is 0 Å². The third kappa shape index (κ3) is 22.5. The van der Waals surface area contributed by atoms with Gasteiger partial charge in [0.15, 0.2) is 11.7 Å². The number of carbonyl (C=O) groups excluding carboxylic acids is 1. The van der Waals surface area contributed by atoms with E-state index in [9.17, 15) is 14.4 Å². The van der Waals surface area contributed by atoms with Crippen LogP contribution in [0.15, 0.2) is 45.0 Å². The van der Waals surface area contributed by atoms with Gasteiger partial charge < -0.3 is 30.8 Å². The van der Waals surface area contributed by atoms with Crippen LogP contribution in [-0.2, 0) is 57.1 Å². The molecule has 0 bridgehead atoms. The number of fused-ring (bicyclic) bond motifs is 2. The lowest BCUT2D eigenvalue weighted by atomic mass is 9.80. The Morgan fingerprint density at radius 1 is 0.705 bits per heavy atom. The molecule has 0 saturated carbocycles. The van der Waals surface area contributed by atoms with Gasteiger partial charge in [0.1, 0.15) is 40.0 Å². The maximum Gasteiger partial charge on any atom is 0.254 e. The first-order chi connectivity index (χ1) is 33.7. The lowest BCUT2D eigenvalue weighted by molar-refractivity contribution is -0.118. The van der Waals surface area contributed by atoms with E-state index in [0.29, 0.717) is 11.7 Å². The maximum absolute atomic E-state index is 11.8. The van der Waals surface area contributed by atoms with Gasteiger partial charge in [-0.3, -0.25) is 19.8 Å². The van der Waals surface area contributed by atoms with Crippen LogP contribution in [0.4, 0.5) is 0 Å². The molecule has 1 aliphatic carbocycles. The summed E-state index contributed by atoms with van der Waals surface area (Å²) in [6, 6.07) is 1.50. The van der Waals surface area contributed by atoms with Gasteiger partial charge in [0.25, 0.3) is 17.0 Å². The van der Waals surface area contributed by atoms with Crippen LogP contribution in [0.3, 0.4) is 0 Å². The van der Waals surface area contributed by atoms with Gasteiger partial charge in [-0.25, -0.2) is 24.6 Å². The minimum absolute atomic E-state index is 0. The van der Waals surface area contributed by atoms with Gasteiger partial charge >= 0.3 is 0 Å². The normalized spacial score (nSPS) is 15.9. The summed E-state index contributed by atoms with van der Waals surface area (Å²) < 4.78 is 6.29. The highest BCUT2D eigenvalue weighted by molar-refractivity contribution is 7.05. The van der Waals surface area contributed by atoms with Crippen molar-refractivity contribution < 1.29 is 9.63 Å². The predicted molar refractivity (Wildman–Crippen MR) is 326 cm³/mol. The number of carbonyl (C=O) groups is 1. The zero-order valence-corrected chi connectivity index (χ0v) is 49.6. The van der Waals surface area contributed by atoms with E-state index in [1.165, 1.54) is 36.3 Å². The van der Waals surface area contributed by atoms with Crippen LogP contribution in [-0.4, -0.2) is 73.6 Å². The molecule has 0 spiro atoms. The van der Waals surface area contributed by atoms with Crippen LogP contribution in [0.1, 0.15) is 231 Å². The largest absolute Gasteiger partial charge is 0.384 e. The minimum Gasteiger partial charge on any atom is -0.384 e. The number of hydrogen-bond donors (Lipinski definition) is 5. The Morgan fingerprint density at radius 3 is 1.67 bits per heavy atom. The van der Waals surface area contributed by atoms with Gasteiger partial charge in [0, 0.05) is 70.8 Å². The van der Waals surface area contributed by atoms with Crippen molar-refractivity contribution in [3.8, 4) is 0 Å². The first-order valence-corrected chi connectivity index (χ1v) is 26.5. The predicted octanol–water partition coefficient (Wildman–Crippen LogP) is 12.3. The van der Waals surface area contributed by atoms with E-state index in [-0.39, 0.29) is 91.0 Å². The summed E-state index contributed by atoms with van der Waals surface area (Å²) >= 11 is 1.47. The number of H-pyrrole nitrogens is 2. The fourth-order valence-corrected chi connectivity index (χ4v) is 8.09. The first kappa shape index (κ1) is 74.2. The third-order valence-electron chi connectivity index (χ3n) is 11.9. The van der Waals surface area contributed by atoms with Crippen molar-refractivity contribution in [1.82, 2.24) is 54.3 Å². The van der Waals surface area contributed by atoms with Crippen molar-refractivity contribution in [2.75, 3.05) is 7.05 Å². The molecule has 3 aliphatic heterocycles. The molecule has 1 unspecified atom stereocenters. The summed E-state index contributed by atoms with van der Waals surface area (Å²) in [4.78, 5) is 64.2. The van der Waals surface area contributed by atoms with Crippen molar-refractivity contribution in [3.05, 3.63) is 102 Å². The lowest BCUT2D eigenvalue weighted by Gasteiger charge is -2.31. The molecule has 19 heteroatoms. The number of aromatic amines is 2. The van der Waals surface area contributed by atoms with E-state index >= 15 is 0 Å². The molecule has 0 saturated heterocycles. The third-order valence-corrected chi connectivity index (χ3v) is 12.5. The molecule has 4 aromatic heterocycles. The van der Waals surface area contributed by atoms with Gasteiger partial charge in [0.2, 0.25) is 5.90 Å². The number of nitrogens with one attached hydrogen (secondary N) is 4. The first-order valence-electron chi connectivity index (χ1n) is 25.7. The molecule has 0 aromatic carbocycles. The molecular weight excluding hydrogens is 1000 g/mol. The van der Waals surface area contributed by atoms with Crippen molar-refractivity contribution in [2.24, 2.45) is 27.6 Å². The van der Waals surface area contributed by atoms with Crippen molar-refractivity contribution in [1.29, 1.82) is 5.41 Å². The van der Waals surface area contributed by atoms with E-state index < -0.39 is 0 Å². The van der Waals surface area contributed by atoms with Crippen LogP contribution >= 0.6 is 11.5 Å². The summed E-state index contributed by atoms with van der Waals surface area (Å²) in [6.07, 6.45) is 9.58. The van der Waals surface area contributed by atoms with Crippen molar-refractivity contribution in [2.45, 2.75) is 241 Å². The average molecular weight is 1110 g/mol. The number of amides is 1. The van der Waals surface area contributed by atoms with E-state index in [2.05, 4.69) is 128 Å². The Bertz CT molecular complexity index is 2730. The molecule has 78 heavy (non-hydrogen) atoms. The molecule has 4 aromatic rings. The topological polar surface area (TPSA) is 252 Å². The van der Waals surface area contributed by atoms with Crippen LogP contribution in [0.5, 0.6) is 0 Å². The van der Waals surface area contributed by atoms with Gasteiger partial charge in [-0.1, -0.05) is 166 Å².